The van der Waals surface area contributed by atoms with Gasteiger partial charge in [-0.1, -0.05) is 6.92 Å². The van der Waals surface area contributed by atoms with Gasteiger partial charge >= 0.3 is 0 Å². The largest absolute Gasteiger partial charge is 0.363 e. The first kappa shape index (κ1) is 15.8. The van der Waals surface area contributed by atoms with E-state index in [0.29, 0.717) is 4.90 Å². The monoisotopic (exact) mass is 319 g/mol. The molecule has 5 nitrogen and oxygen atoms in total. The molecule has 0 aliphatic carbocycles. The van der Waals surface area contributed by atoms with Gasteiger partial charge in [0.1, 0.15) is 0 Å². The quantitative estimate of drug-likeness (QED) is 0.843. The van der Waals surface area contributed by atoms with Crippen LogP contribution in [0, 0.1) is 0 Å². The third-order valence-corrected chi connectivity index (χ3v) is 6.23. The molecule has 1 N–H and O–H groups in total. The number of likely N-dealkylation sites (tertiary alicyclic amines) is 1. The summed E-state index contributed by atoms with van der Waals surface area (Å²) >= 11 is 5.71. The molecule has 1 fully saturated rings. The van der Waals surface area contributed by atoms with E-state index in [1.165, 1.54) is 10.5 Å². The smallest absolute Gasteiger partial charge is 0.244 e. The number of aromatic nitrogens is 1. The highest BCUT2D eigenvalue weighted by Crippen LogP contribution is 2.23. The Labute approximate surface area is 126 Å². The molecule has 0 unspecified atom stereocenters. The molecule has 0 bridgehead atoms. The maximum absolute atomic E-state index is 12.6. The van der Waals surface area contributed by atoms with Crippen LogP contribution in [0.3, 0.4) is 0 Å². The zero-order valence-corrected chi connectivity index (χ0v) is 13.5. The van der Waals surface area contributed by atoms with Crippen molar-refractivity contribution in [2.75, 3.05) is 26.7 Å². The topological polar surface area (TPSA) is 56.4 Å². The number of rotatable bonds is 5. The van der Waals surface area contributed by atoms with E-state index in [2.05, 4.69) is 16.8 Å². The number of piperidine rings is 1. The molecule has 1 aromatic rings. The molecule has 0 radical (unpaired) electrons. The fourth-order valence-corrected chi connectivity index (χ4v) is 4.20. The van der Waals surface area contributed by atoms with Crippen LogP contribution in [0.4, 0.5) is 0 Å². The number of halogens is 1. The van der Waals surface area contributed by atoms with Crippen molar-refractivity contribution in [2.24, 2.45) is 0 Å². The van der Waals surface area contributed by atoms with Gasteiger partial charge in [-0.15, -0.1) is 11.6 Å². The Morgan fingerprint density at radius 1 is 1.45 bits per heavy atom. The van der Waals surface area contributed by atoms with Crippen LogP contribution in [0.15, 0.2) is 17.2 Å². The summed E-state index contributed by atoms with van der Waals surface area (Å²) in [6.07, 6.45) is 3.29. The highest BCUT2D eigenvalue weighted by Gasteiger charge is 2.31. The third kappa shape index (κ3) is 3.19. The zero-order valence-electron chi connectivity index (χ0n) is 12.0. The van der Waals surface area contributed by atoms with Crippen LogP contribution in [-0.2, 0) is 15.9 Å². The molecule has 1 saturated heterocycles. The van der Waals surface area contributed by atoms with Gasteiger partial charge in [-0.25, -0.2) is 8.42 Å². The summed E-state index contributed by atoms with van der Waals surface area (Å²) in [4.78, 5) is 5.54. The second kappa shape index (κ2) is 6.47. The van der Waals surface area contributed by atoms with Crippen molar-refractivity contribution < 1.29 is 8.42 Å². The summed E-state index contributed by atoms with van der Waals surface area (Å²) in [5.74, 6) is 0.286. The van der Waals surface area contributed by atoms with Crippen molar-refractivity contribution in [3.8, 4) is 0 Å². The van der Waals surface area contributed by atoms with Crippen molar-refractivity contribution >= 4 is 21.6 Å². The molecule has 2 rings (SSSR count). The van der Waals surface area contributed by atoms with Gasteiger partial charge in [-0.2, -0.15) is 4.31 Å². The third-order valence-electron chi connectivity index (χ3n) is 4.06. The van der Waals surface area contributed by atoms with Crippen molar-refractivity contribution in [1.82, 2.24) is 14.2 Å². The van der Waals surface area contributed by atoms with E-state index in [0.717, 1.165) is 38.2 Å². The number of H-pyrrole nitrogens is 1. The van der Waals surface area contributed by atoms with Gasteiger partial charge in [-0.3, -0.25) is 0 Å². The Morgan fingerprint density at radius 3 is 2.60 bits per heavy atom. The Hall–Kier alpha value is -0.560. The fourth-order valence-electron chi connectivity index (χ4n) is 2.61. The molecule has 1 aromatic heterocycles. The summed E-state index contributed by atoms with van der Waals surface area (Å²) in [6, 6.07) is 1.69. The molecule has 114 valence electrons. The average molecular weight is 320 g/mol. The van der Waals surface area contributed by atoms with E-state index in [-0.39, 0.29) is 11.9 Å². The molecular weight excluding hydrogens is 298 g/mol. The highest BCUT2D eigenvalue weighted by molar-refractivity contribution is 7.89. The maximum Gasteiger partial charge on any atom is 0.244 e. The first-order valence-corrected chi connectivity index (χ1v) is 8.90. The number of aromatic amines is 1. The van der Waals surface area contributed by atoms with Gasteiger partial charge in [0, 0.05) is 25.0 Å². The van der Waals surface area contributed by atoms with Crippen LogP contribution in [0.2, 0.25) is 0 Å². The molecule has 0 saturated carbocycles. The normalized spacial score (nSPS) is 18.8. The summed E-state index contributed by atoms with van der Waals surface area (Å²) < 4.78 is 26.6. The van der Waals surface area contributed by atoms with Gasteiger partial charge in [0.05, 0.1) is 10.8 Å². The molecule has 0 amide bonds. The second-order valence-corrected chi connectivity index (χ2v) is 7.45. The molecule has 20 heavy (non-hydrogen) atoms. The van der Waals surface area contributed by atoms with Crippen molar-refractivity contribution in [1.29, 1.82) is 0 Å². The Morgan fingerprint density at radius 2 is 2.10 bits per heavy atom. The summed E-state index contributed by atoms with van der Waals surface area (Å²) in [6.45, 7) is 5.08. The van der Waals surface area contributed by atoms with Crippen LogP contribution in [0.1, 0.15) is 25.5 Å². The lowest BCUT2D eigenvalue weighted by atomic mass is 10.1. The Kier molecular flexibility index (Phi) is 5.12. The molecule has 0 atom stereocenters. The van der Waals surface area contributed by atoms with E-state index in [9.17, 15) is 8.42 Å². The predicted molar refractivity (Wildman–Crippen MR) is 80.4 cm³/mol. The minimum atomic E-state index is -3.43. The van der Waals surface area contributed by atoms with Crippen molar-refractivity contribution in [3.05, 3.63) is 18.0 Å². The molecule has 0 aromatic carbocycles. The summed E-state index contributed by atoms with van der Waals surface area (Å²) in [5.41, 5.74) is 0.722. The SMILES string of the molecule is CCN1CCC(N(C)S(=O)(=O)c2c[nH]c(CCl)c2)CC1. The van der Waals surface area contributed by atoms with Crippen LogP contribution in [-0.4, -0.2) is 55.3 Å². The Bertz CT molecular complexity index is 536. The minimum absolute atomic E-state index is 0.0807. The first-order chi connectivity index (χ1) is 9.48. The van der Waals surface area contributed by atoms with E-state index in [4.69, 9.17) is 11.6 Å². The van der Waals surface area contributed by atoms with Crippen LogP contribution in [0.25, 0.3) is 0 Å². The van der Waals surface area contributed by atoms with Crippen LogP contribution < -0.4 is 0 Å². The second-order valence-electron chi connectivity index (χ2n) is 5.18. The number of hydrogen-bond donors (Lipinski definition) is 1. The predicted octanol–water partition coefficient (Wildman–Crippen LogP) is 1.86. The van der Waals surface area contributed by atoms with Crippen LogP contribution in [0.5, 0.6) is 0 Å². The molecule has 0 spiro atoms. The van der Waals surface area contributed by atoms with Gasteiger partial charge in [0.15, 0.2) is 0 Å². The number of nitrogens with zero attached hydrogens (tertiary/aromatic N) is 2. The zero-order chi connectivity index (χ0) is 14.8. The standard InChI is InChI=1S/C13H22ClN3O2S/c1-3-17-6-4-12(5-7-17)16(2)20(18,19)13-8-11(9-14)15-10-13/h8,10,12,15H,3-7,9H2,1-2H3. The van der Waals surface area contributed by atoms with E-state index in [1.807, 2.05) is 0 Å². The van der Waals surface area contributed by atoms with Crippen molar-refractivity contribution in [3.63, 3.8) is 0 Å². The van der Waals surface area contributed by atoms with E-state index >= 15 is 0 Å². The summed E-state index contributed by atoms with van der Waals surface area (Å²) in [7, 11) is -1.75. The molecule has 1 aliphatic heterocycles. The van der Waals surface area contributed by atoms with Crippen molar-refractivity contribution in [2.45, 2.75) is 36.6 Å². The Balaban J connectivity index is 2.09. The fraction of sp³-hybridized carbons (Fsp3) is 0.692. The number of nitrogens with one attached hydrogen (secondary N) is 1. The molecule has 2 heterocycles. The number of alkyl halides is 1. The minimum Gasteiger partial charge on any atom is -0.363 e. The highest BCUT2D eigenvalue weighted by atomic mass is 35.5. The van der Waals surface area contributed by atoms with E-state index in [1.54, 1.807) is 13.1 Å². The molecule has 1 aliphatic rings. The van der Waals surface area contributed by atoms with Gasteiger partial charge in [0.25, 0.3) is 0 Å². The number of sulfonamides is 1. The van der Waals surface area contributed by atoms with E-state index < -0.39 is 10.0 Å². The lowest BCUT2D eigenvalue weighted by Gasteiger charge is -2.35. The molecule has 7 heteroatoms. The molecular formula is C13H22ClN3O2S. The summed E-state index contributed by atoms with van der Waals surface area (Å²) in [5, 5.41) is 0. The van der Waals surface area contributed by atoms with Gasteiger partial charge in [0.2, 0.25) is 10.0 Å². The van der Waals surface area contributed by atoms with Gasteiger partial charge in [-0.05, 0) is 38.5 Å². The van der Waals surface area contributed by atoms with Crippen LogP contribution >= 0.6 is 11.6 Å². The van der Waals surface area contributed by atoms with Gasteiger partial charge < -0.3 is 9.88 Å². The average Bonchev–Trinajstić information content (AvgIpc) is 2.96. The first-order valence-electron chi connectivity index (χ1n) is 6.92. The maximum atomic E-state index is 12.6. The lowest BCUT2D eigenvalue weighted by Crippen LogP contribution is -2.45. The lowest BCUT2D eigenvalue weighted by molar-refractivity contribution is 0.176. The number of hydrogen-bond acceptors (Lipinski definition) is 3.